The number of halogens is 1. The molecule has 2 unspecified atom stereocenters. The zero-order chi connectivity index (χ0) is 15.3. The fourth-order valence-electron chi connectivity index (χ4n) is 1.71. The van der Waals surface area contributed by atoms with Gasteiger partial charge < -0.3 is 15.7 Å². The summed E-state index contributed by atoms with van der Waals surface area (Å²) < 4.78 is 13.5. The van der Waals surface area contributed by atoms with Crippen LogP contribution in [0.4, 0.5) is 4.39 Å². The van der Waals surface area contributed by atoms with E-state index >= 15 is 0 Å². The molecule has 1 rings (SSSR count). The fraction of sp³-hybridized carbons (Fsp3) is 0.533. The van der Waals surface area contributed by atoms with Gasteiger partial charge in [-0.05, 0) is 33.8 Å². The monoisotopic (exact) mass is 282 g/mol. The van der Waals surface area contributed by atoms with E-state index in [2.05, 4.69) is 10.6 Å². The molecule has 112 valence electrons. The van der Waals surface area contributed by atoms with Gasteiger partial charge in [0.15, 0.2) is 0 Å². The molecule has 0 saturated heterocycles. The summed E-state index contributed by atoms with van der Waals surface area (Å²) in [6.45, 7) is 7.50. The lowest BCUT2D eigenvalue weighted by Gasteiger charge is -2.24. The summed E-state index contributed by atoms with van der Waals surface area (Å²) in [7, 11) is 0. The van der Waals surface area contributed by atoms with Crippen LogP contribution in [0.3, 0.4) is 0 Å². The second-order valence-electron chi connectivity index (χ2n) is 5.91. The maximum Gasteiger partial charge on any atom is 0.237 e. The van der Waals surface area contributed by atoms with E-state index < -0.39 is 18.0 Å². The number of carbonyl (C=O) groups excluding carboxylic acids is 1. The zero-order valence-electron chi connectivity index (χ0n) is 12.4. The van der Waals surface area contributed by atoms with E-state index in [1.54, 1.807) is 19.1 Å². The van der Waals surface area contributed by atoms with Crippen molar-refractivity contribution in [1.82, 2.24) is 10.6 Å². The molecule has 0 spiro atoms. The summed E-state index contributed by atoms with van der Waals surface area (Å²) in [5.41, 5.74) is -0.0830. The maximum absolute atomic E-state index is 13.5. The van der Waals surface area contributed by atoms with Gasteiger partial charge in [-0.2, -0.15) is 0 Å². The van der Waals surface area contributed by atoms with Crippen LogP contribution < -0.4 is 10.6 Å². The lowest BCUT2D eigenvalue weighted by atomic mass is 10.1. The van der Waals surface area contributed by atoms with Crippen molar-refractivity contribution in [3.8, 4) is 0 Å². The van der Waals surface area contributed by atoms with Crippen molar-refractivity contribution in [3.05, 3.63) is 35.6 Å². The van der Waals surface area contributed by atoms with Crippen LogP contribution in [0.25, 0.3) is 0 Å². The summed E-state index contributed by atoms with van der Waals surface area (Å²) in [5.74, 6) is -0.605. The normalized spacial score (nSPS) is 14.7. The lowest BCUT2D eigenvalue weighted by Crippen LogP contribution is -2.50. The molecule has 2 atom stereocenters. The van der Waals surface area contributed by atoms with Crippen LogP contribution in [0.1, 0.15) is 39.4 Å². The van der Waals surface area contributed by atoms with Gasteiger partial charge in [0.1, 0.15) is 5.82 Å². The topological polar surface area (TPSA) is 61.4 Å². The highest BCUT2D eigenvalue weighted by atomic mass is 19.1. The molecule has 0 aliphatic rings. The van der Waals surface area contributed by atoms with Gasteiger partial charge in [-0.15, -0.1) is 0 Å². The minimum atomic E-state index is -0.985. The molecule has 0 aliphatic carbocycles. The predicted octanol–water partition coefficient (Wildman–Crippen LogP) is 1.75. The molecule has 4 nitrogen and oxygen atoms in total. The second-order valence-corrected chi connectivity index (χ2v) is 5.91. The fourth-order valence-corrected chi connectivity index (χ4v) is 1.71. The Morgan fingerprint density at radius 1 is 1.35 bits per heavy atom. The minimum Gasteiger partial charge on any atom is -0.387 e. The van der Waals surface area contributed by atoms with Crippen LogP contribution in [-0.4, -0.2) is 29.1 Å². The first kappa shape index (κ1) is 16.6. The highest BCUT2D eigenvalue weighted by Crippen LogP contribution is 2.15. The van der Waals surface area contributed by atoms with E-state index in [1.165, 1.54) is 12.1 Å². The molecule has 1 aromatic rings. The Kier molecular flexibility index (Phi) is 5.65. The van der Waals surface area contributed by atoms with Crippen LogP contribution in [0.2, 0.25) is 0 Å². The van der Waals surface area contributed by atoms with Crippen molar-refractivity contribution in [2.75, 3.05) is 6.54 Å². The molecular formula is C15H23FN2O2. The Balaban J connectivity index is 2.51. The van der Waals surface area contributed by atoms with Gasteiger partial charge in [-0.25, -0.2) is 4.39 Å². The predicted molar refractivity (Wildman–Crippen MR) is 76.7 cm³/mol. The largest absolute Gasteiger partial charge is 0.387 e. The molecule has 20 heavy (non-hydrogen) atoms. The minimum absolute atomic E-state index is 0.111. The molecule has 0 aliphatic heterocycles. The Morgan fingerprint density at radius 3 is 2.50 bits per heavy atom. The number of hydrogen-bond acceptors (Lipinski definition) is 3. The Bertz CT molecular complexity index is 457. The average Bonchev–Trinajstić information content (AvgIpc) is 2.34. The van der Waals surface area contributed by atoms with Crippen LogP contribution in [0.15, 0.2) is 24.3 Å². The van der Waals surface area contributed by atoms with Gasteiger partial charge in [-0.1, -0.05) is 18.2 Å². The van der Waals surface area contributed by atoms with Gasteiger partial charge in [0.2, 0.25) is 5.91 Å². The first-order chi connectivity index (χ1) is 9.20. The Hall–Kier alpha value is -1.46. The lowest BCUT2D eigenvalue weighted by molar-refractivity contribution is -0.124. The summed E-state index contributed by atoms with van der Waals surface area (Å²) >= 11 is 0. The van der Waals surface area contributed by atoms with Gasteiger partial charge >= 0.3 is 0 Å². The molecule has 0 heterocycles. The van der Waals surface area contributed by atoms with Gasteiger partial charge in [0.05, 0.1) is 12.1 Å². The van der Waals surface area contributed by atoms with Crippen molar-refractivity contribution in [2.24, 2.45) is 0 Å². The molecule has 0 saturated carbocycles. The molecule has 0 radical (unpaired) electrons. The highest BCUT2D eigenvalue weighted by molar-refractivity contribution is 5.81. The van der Waals surface area contributed by atoms with Crippen LogP contribution >= 0.6 is 0 Å². The van der Waals surface area contributed by atoms with E-state index in [-0.39, 0.29) is 23.6 Å². The summed E-state index contributed by atoms with van der Waals surface area (Å²) in [5, 5.41) is 15.7. The first-order valence-electron chi connectivity index (χ1n) is 6.68. The standard InChI is InChI=1S/C15H23FN2O2/c1-10(14(20)18-15(2,3)4)17-9-13(19)11-7-5-6-8-12(11)16/h5-8,10,13,17,19H,9H2,1-4H3,(H,18,20). The Labute approximate surface area is 119 Å². The molecular weight excluding hydrogens is 259 g/mol. The third-order valence-corrected chi connectivity index (χ3v) is 2.77. The van der Waals surface area contributed by atoms with E-state index in [9.17, 15) is 14.3 Å². The van der Waals surface area contributed by atoms with Gasteiger partial charge in [0, 0.05) is 17.6 Å². The zero-order valence-corrected chi connectivity index (χ0v) is 12.4. The van der Waals surface area contributed by atoms with Gasteiger partial charge in [-0.3, -0.25) is 4.79 Å². The summed E-state index contributed by atoms with van der Waals surface area (Å²) in [4.78, 5) is 11.8. The third-order valence-electron chi connectivity index (χ3n) is 2.77. The van der Waals surface area contributed by atoms with E-state index in [1.807, 2.05) is 20.8 Å². The first-order valence-corrected chi connectivity index (χ1v) is 6.68. The number of benzene rings is 1. The SMILES string of the molecule is CC(NCC(O)c1ccccc1F)C(=O)NC(C)(C)C. The van der Waals surface area contributed by atoms with E-state index in [0.717, 1.165) is 0 Å². The average molecular weight is 282 g/mol. The van der Waals surface area contributed by atoms with Crippen LogP contribution in [0.5, 0.6) is 0 Å². The summed E-state index contributed by atoms with van der Waals surface area (Å²) in [6, 6.07) is 5.60. The number of rotatable bonds is 5. The molecule has 1 amide bonds. The third kappa shape index (κ3) is 5.27. The van der Waals surface area contributed by atoms with Crippen molar-refractivity contribution in [1.29, 1.82) is 0 Å². The van der Waals surface area contributed by atoms with Crippen molar-refractivity contribution < 1.29 is 14.3 Å². The van der Waals surface area contributed by atoms with Crippen LogP contribution in [-0.2, 0) is 4.79 Å². The number of carbonyl (C=O) groups is 1. The van der Waals surface area contributed by atoms with Crippen molar-refractivity contribution >= 4 is 5.91 Å². The van der Waals surface area contributed by atoms with E-state index in [0.29, 0.717) is 0 Å². The molecule has 0 aromatic heterocycles. The van der Waals surface area contributed by atoms with Crippen LogP contribution in [0, 0.1) is 5.82 Å². The smallest absolute Gasteiger partial charge is 0.237 e. The quantitative estimate of drug-likeness (QED) is 0.771. The maximum atomic E-state index is 13.5. The molecule has 3 N–H and O–H groups in total. The molecule has 1 aromatic carbocycles. The van der Waals surface area contributed by atoms with Crippen molar-refractivity contribution in [3.63, 3.8) is 0 Å². The van der Waals surface area contributed by atoms with Gasteiger partial charge in [0.25, 0.3) is 0 Å². The number of aliphatic hydroxyl groups is 1. The highest BCUT2D eigenvalue weighted by Gasteiger charge is 2.20. The summed E-state index contributed by atoms with van der Waals surface area (Å²) in [6.07, 6.45) is -0.985. The second kappa shape index (κ2) is 6.81. The van der Waals surface area contributed by atoms with Crippen molar-refractivity contribution in [2.45, 2.75) is 45.4 Å². The number of hydrogen-bond donors (Lipinski definition) is 3. The Morgan fingerprint density at radius 2 is 1.95 bits per heavy atom. The number of amides is 1. The molecule has 0 fully saturated rings. The number of aliphatic hydroxyl groups excluding tert-OH is 1. The molecule has 5 heteroatoms. The number of nitrogens with one attached hydrogen (secondary N) is 2. The van der Waals surface area contributed by atoms with E-state index in [4.69, 9.17) is 0 Å². The molecule has 0 bridgehead atoms.